The Morgan fingerprint density at radius 2 is 1.75 bits per heavy atom. The highest BCUT2D eigenvalue weighted by molar-refractivity contribution is 6.04. The molecule has 4 heterocycles. The van der Waals surface area contributed by atoms with Crippen molar-refractivity contribution in [3.05, 3.63) is 89.5 Å². The molecule has 0 saturated carbocycles. The van der Waals surface area contributed by atoms with Crippen LogP contribution in [0.25, 0.3) is 33.3 Å². The van der Waals surface area contributed by atoms with Gasteiger partial charge in [0.05, 0.1) is 48.1 Å². The number of alkyl halides is 3. The van der Waals surface area contributed by atoms with Gasteiger partial charge in [-0.15, -0.1) is 0 Å². The summed E-state index contributed by atoms with van der Waals surface area (Å²) >= 11 is 0. The molecule has 3 aromatic heterocycles. The van der Waals surface area contributed by atoms with Crippen LogP contribution in [-0.4, -0.2) is 52.1 Å². The van der Waals surface area contributed by atoms with Gasteiger partial charge in [0.25, 0.3) is 0 Å². The lowest BCUT2D eigenvalue weighted by Gasteiger charge is -2.32. The molecule has 6 rings (SSSR count). The van der Waals surface area contributed by atoms with E-state index in [4.69, 9.17) is 10.5 Å². The molecule has 2 aromatic carbocycles. The fourth-order valence-corrected chi connectivity index (χ4v) is 5.21. The number of carbonyl (C=O) groups is 1. The van der Waals surface area contributed by atoms with Gasteiger partial charge in [0, 0.05) is 52.7 Å². The molecule has 0 unspecified atom stereocenters. The second kappa shape index (κ2) is 11.5. The monoisotopic (exact) mass is 599 g/mol. The van der Waals surface area contributed by atoms with Gasteiger partial charge in [0.15, 0.2) is 0 Å². The molecule has 1 aliphatic rings. The van der Waals surface area contributed by atoms with Crippen molar-refractivity contribution in [1.82, 2.24) is 19.9 Å². The molecule has 0 bridgehead atoms. The lowest BCUT2D eigenvalue weighted by Crippen LogP contribution is -2.37. The van der Waals surface area contributed by atoms with E-state index in [0.29, 0.717) is 54.6 Å². The second-order valence-corrected chi connectivity index (χ2v) is 10.5. The molecule has 0 atom stereocenters. The van der Waals surface area contributed by atoms with Gasteiger partial charge in [0.1, 0.15) is 0 Å². The maximum absolute atomic E-state index is 13.9. The molecule has 1 saturated heterocycles. The first-order valence-electron chi connectivity index (χ1n) is 13.9. The molecular formula is C32H28F3N7O2. The number of fused-ring (bicyclic) bond motifs is 1. The Labute approximate surface area is 250 Å². The van der Waals surface area contributed by atoms with E-state index in [2.05, 4.69) is 25.3 Å². The van der Waals surface area contributed by atoms with Gasteiger partial charge in [-0.1, -0.05) is 12.1 Å². The quantitative estimate of drug-likeness (QED) is 0.242. The number of halogens is 3. The first-order chi connectivity index (χ1) is 21.1. The second-order valence-electron chi connectivity index (χ2n) is 10.5. The largest absolute Gasteiger partial charge is 0.416 e. The van der Waals surface area contributed by atoms with Crippen molar-refractivity contribution in [2.45, 2.75) is 20.0 Å². The minimum absolute atomic E-state index is 0.209. The summed E-state index contributed by atoms with van der Waals surface area (Å²) in [5.41, 5.74) is 10.2. The SMILES string of the molecule is Cc1ccc(Nc2ncc3cc(-c4cc(-c5c(C(N)=O)cc(C(F)(F)F)cc5N5CCOCC5)ccc4C)ncc3n2)cn1. The number of nitrogens with two attached hydrogens (primary N) is 1. The summed E-state index contributed by atoms with van der Waals surface area (Å²) < 4.78 is 47.2. The summed E-state index contributed by atoms with van der Waals surface area (Å²) in [6, 6.07) is 13.0. The third kappa shape index (κ3) is 5.88. The lowest BCUT2D eigenvalue weighted by atomic mass is 9.91. The normalized spacial score (nSPS) is 13.7. The number of carbonyl (C=O) groups excluding carboxylic acids is 1. The van der Waals surface area contributed by atoms with Crippen LogP contribution >= 0.6 is 0 Å². The van der Waals surface area contributed by atoms with Crippen LogP contribution in [0.2, 0.25) is 0 Å². The average molecular weight is 600 g/mol. The van der Waals surface area contributed by atoms with Crippen LogP contribution in [0.15, 0.2) is 67.1 Å². The molecule has 9 nitrogen and oxygen atoms in total. The Morgan fingerprint density at radius 3 is 2.45 bits per heavy atom. The summed E-state index contributed by atoms with van der Waals surface area (Å²) in [7, 11) is 0. The molecule has 1 fully saturated rings. The van der Waals surface area contributed by atoms with E-state index in [-0.39, 0.29) is 11.3 Å². The number of nitrogens with zero attached hydrogens (tertiary/aromatic N) is 5. The third-order valence-corrected chi connectivity index (χ3v) is 7.50. The number of aryl methyl sites for hydroxylation is 2. The number of rotatable bonds is 6. The van der Waals surface area contributed by atoms with E-state index < -0.39 is 17.6 Å². The van der Waals surface area contributed by atoms with E-state index >= 15 is 0 Å². The fourth-order valence-electron chi connectivity index (χ4n) is 5.21. The average Bonchev–Trinajstić information content (AvgIpc) is 3.01. The molecule has 0 radical (unpaired) electrons. The number of anilines is 3. The van der Waals surface area contributed by atoms with Gasteiger partial charge < -0.3 is 20.7 Å². The molecule has 12 heteroatoms. The number of nitrogens with one attached hydrogen (secondary N) is 1. The lowest BCUT2D eigenvalue weighted by molar-refractivity contribution is -0.137. The standard InChI is InChI=1S/C32H28F3N7O2/c1-18-3-5-20(29-25(30(36)43)13-22(32(33,34)35)14-28(29)42-7-9-44-10-8-42)11-24(18)26-12-21-15-39-31(41-27(21)17-38-26)40-23-6-4-19(2)37-16-23/h3-6,11-17H,7-10H2,1-2H3,(H2,36,43)(H,39,40,41). The number of morpholine rings is 1. The van der Waals surface area contributed by atoms with Crippen LogP contribution in [-0.2, 0) is 10.9 Å². The zero-order valence-electron chi connectivity index (χ0n) is 23.9. The van der Waals surface area contributed by atoms with Crippen LogP contribution in [0.3, 0.4) is 0 Å². The summed E-state index contributed by atoms with van der Waals surface area (Å²) in [4.78, 5) is 32.3. The Balaban J connectivity index is 1.42. The zero-order valence-corrected chi connectivity index (χ0v) is 23.9. The van der Waals surface area contributed by atoms with E-state index in [1.807, 2.05) is 44.2 Å². The summed E-state index contributed by atoms with van der Waals surface area (Å²) in [5, 5.41) is 3.88. The van der Waals surface area contributed by atoms with E-state index in [1.54, 1.807) is 29.6 Å². The minimum atomic E-state index is -4.66. The first kappa shape index (κ1) is 29.0. The topological polar surface area (TPSA) is 119 Å². The van der Waals surface area contributed by atoms with E-state index in [9.17, 15) is 18.0 Å². The highest BCUT2D eigenvalue weighted by atomic mass is 19.4. The van der Waals surface area contributed by atoms with Crippen molar-refractivity contribution >= 4 is 34.1 Å². The first-order valence-corrected chi connectivity index (χ1v) is 13.9. The molecule has 5 aromatic rings. The van der Waals surface area contributed by atoms with Gasteiger partial charge in [-0.2, -0.15) is 13.2 Å². The van der Waals surface area contributed by atoms with Crippen LogP contribution in [0.1, 0.15) is 27.2 Å². The summed E-state index contributed by atoms with van der Waals surface area (Å²) in [6.07, 6.45) is 0.369. The van der Waals surface area contributed by atoms with Crippen molar-refractivity contribution in [2.24, 2.45) is 5.73 Å². The highest BCUT2D eigenvalue weighted by Crippen LogP contribution is 2.42. The maximum Gasteiger partial charge on any atom is 0.416 e. The van der Waals surface area contributed by atoms with Crippen LogP contribution in [0.4, 0.5) is 30.5 Å². The molecular weight excluding hydrogens is 571 g/mol. The van der Waals surface area contributed by atoms with Crippen molar-refractivity contribution in [2.75, 3.05) is 36.5 Å². The molecule has 1 amide bonds. The smallest absolute Gasteiger partial charge is 0.378 e. The van der Waals surface area contributed by atoms with Gasteiger partial charge in [-0.05, 0) is 61.4 Å². The number of primary amides is 1. The Morgan fingerprint density at radius 1 is 0.955 bits per heavy atom. The minimum Gasteiger partial charge on any atom is -0.378 e. The Kier molecular flexibility index (Phi) is 7.60. The van der Waals surface area contributed by atoms with Crippen LogP contribution < -0.4 is 16.0 Å². The zero-order chi connectivity index (χ0) is 31.0. The molecule has 3 N–H and O–H groups in total. The number of ether oxygens (including phenoxy) is 1. The molecule has 0 spiro atoms. The predicted octanol–water partition coefficient (Wildman–Crippen LogP) is 6.07. The van der Waals surface area contributed by atoms with Crippen molar-refractivity contribution in [3.63, 3.8) is 0 Å². The predicted molar refractivity (Wildman–Crippen MR) is 162 cm³/mol. The van der Waals surface area contributed by atoms with Crippen LogP contribution in [0, 0.1) is 13.8 Å². The van der Waals surface area contributed by atoms with Crippen LogP contribution in [0.5, 0.6) is 0 Å². The van der Waals surface area contributed by atoms with E-state index in [0.717, 1.165) is 40.0 Å². The number of benzene rings is 2. The summed E-state index contributed by atoms with van der Waals surface area (Å²) in [6.45, 7) is 5.25. The van der Waals surface area contributed by atoms with Gasteiger partial charge in [0.2, 0.25) is 11.9 Å². The highest BCUT2D eigenvalue weighted by Gasteiger charge is 2.34. The van der Waals surface area contributed by atoms with Crippen molar-refractivity contribution < 1.29 is 22.7 Å². The van der Waals surface area contributed by atoms with Gasteiger partial charge >= 0.3 is 6.18 Å². The summed E-state index contributed by atoms with van der Waals surface area (Å²) in [5.74, 6) is -0.553. The number of aromatic nitrogens is 4. The van der Waals surface area contributed by atoms with Crippen molar-refractivity contribution in [3.8, 4) is 22.4 Å². The molecule has 0 aliphatic carbocycles. The Hall–Kier alpha value is -5.10. The maximum atomic E-state index is 13.9. The van der Waals surface area contributed by atoms with E-state index in [1.165, 1.54) is 0 Å². The molecule has 44 heavy (non-hydrogen) atoms. The number of hydrogen-bond donors (Lipinski definition) is 2. The number of hydrogen-bond acceptors (Lipinski definition) is 8. The Bertz CT molecular complexity index is 1870. The fraction of sp³-hybridized carbons (Fsp3) is 0.219. The van der Waals surface area contributed by atoms with Crippen molar-refractivity contribution in [1.29, 1.82) is 0 Å². The number of amides is 1. The van der Waals surface area contributed by atoms with Gasteiger partial charge in [-0.3, -0.25) is 14.8 Å². The molecule has 1 aliphatic heterocycles. The van der Waals surface area contributed by atoms with Gasteiger partial charge in [-0.25, -0.2) is 9.97 Å². The number of pyridine rings is 2. The third-order valence-electron chi connectivity index (χ3n) is 7.50. The molecule has 224 valence electrons.